The summed E-state index contributed by atoms with van der Waals surface area (Å²) in [5, 5.41) is 8.23. The fourth-order valence-corrected chi connectivity index (χ4v) is 3.06. The predicted molar refractivity (Wildman–Crippen MR) is 112 cm³/mol. The van der Waals surface area contributed by atoms with Crippen LogP contribution in [-0.2, 0) is 6.54 Å². The first-order valence-electron chi connectivity index (χ1n) is 9.50. The molecule has 0 atom stereocenters. The van der Waals surface area contributed by atoms with E-state index in [1.807, 2.05) is 31.2 Å². The van der Waals surface area contributed by atoms with Gasteiger partial charge in [0.25, 0.3) is 5.91 Å². The van der Waals surface area contributed by atoms with Crippen molar-refractivity contribution in [1.82, 2.24) is 15.1 Å². The third-order valence-corrected chi connectivity index (χ3v) is 4.78. The fourth-order valence-electron chi connectivity index (χ4n) is 3.06. The van der Waals surface area contributed by atoms with E-state index in [1.165, 1.54) is 12.1 Å². The zero-order valence-corrected chi connectivity index (χ0v) is 16.7. The predicted octanol–water partition coefficient (Wildman–Crippen LogP) is 5.12. The molecule has 0 unspecified atom stereocenters. The number of rotatable bonds is 5. The van der Waals surface area contributed by atoms with Gasteiger partial charge in [-0.3, -0.25) is 4.79 Å². The Morgan fingerprint density at radius 2 is 1.40 bits per heavy atom. The van der Waals surface area contributed by atoms with Crippen LogP contribution in [0.3, 0.4) is 0 Å². The molecule has 6 heteroatoms. The summed E-state index contributed by atoms with van der Waals surface area (Å²) in [7, 11) is 1.71. The summed E-state index contributed by atoms with van der Waals surface area (Å²) in [6.45, 7) is 2.41. The van der Waals surface area contributed by atoms with Crippen LogP contribution in [0.1, 0.15) is 21.5 Å². The Balaban J connectivity index is 1.46. The van der Waals surface area contributed by atoms with Crippen molar-refractivity contribution in [3.63, 3.8) is 0 Å². The topological polar surface area (TPSA) is 59.2 Å². The van der Waals surface area contributed by atoms with Crippen LogP contribution in [0.5, 0.6) is 0 Å². The van der Waals surface area contributed by atoms with Crippen LogP contribution in [0.4, 0.5) is 4.39 Å². The van der Waals surface area contributed by atoms with Crippen LogP contribution < -0.4 is 0 Å². The van der Waals surface area contributed by atoms with Crippen molar-refractivity contribution in [2.24, 2.45) is 0 Å². The Morgan fingerprint density at radius 3 is 1.97 bits per heavy atom. The third-order valence-electron chi connectivity index (χ3n) is 4.78. The van der Waals surface area contributed by atoms with Gasteiger partial charge in [0.1, 0.15) is 5.82 Å². The van der Waals surface area contributed by atoms with Gasteiger partial charge in [-0.1, -0.05) is 29.8 Å². The van der Waals surface area contributed by atoms with Crippen LogP contribution in [0.25, 0.3) is 22.9 Å². The van der Waals surface area contributed by atoms with E-state index in [0.717, 1.165) is 22.3 Å². The molecule has 0 saturated carbocycles. The van der Waals surface area contributed by atoms with Gasteiger partial charge in [0.05, 0.1) is 0 Å². The lowest BCUT2D eigenvalue weighted by Gasteiger charge is -2.17. The van der Waals surface area contributed by atoms with Crippen LogP contribution >= 0.6 is 0 Å². The van der Waals surface area contributed by atoms with Crippen molar-refractivity contribution in [2.45, 2.75) is 13.5 Å². The molecule has 1 heterocycles. The molecule has 3 aromatic carbocycles. The van der Waals surface area contributed by atoms with Gasteiger partial charge in [-0.05, 0) is 61.0 Å². The van der Waals surface area contributed by atoms with E-state index in [0.29, 0.717) is 23.9 Å². The maximum Gasteiger partial charge on any atom is 0.253 e. The zero-order chi connectivity index (χ0) is 21.1. The molecule has 4 aromatic rings. The summed E-state index contributed by atoms with van der Waals surface area (Å²) in [6.07, 6.45) is 0. The second-order valence-corrected chi connectivity index (χ2v) is 7.14. The van der Waals surface area contributed by atoms with E-state index in [-0.39, 0.29) is 11.7 Å². The van der Waals surface area contributed by atoms with Crippen molar-refractivity contribution in [3.8, 4) is 22.9 Å². The van der Waals surface area contributed by atoms with Gasteiger partial charge in [0.2, 0.25) is 11.8 Å². The Kier molecular flexibility index (Phi) is 5.39. The van der Waals surface area contributed by atoms with E-state index in [1.54, 1.807) is 48.3 Å². The first kappa shape index (κ1) is 19.5. The van der Waals surface area contributed by atoms with Gasteiger partial charge >= 0.3 is 0 Å². The number of nitrogens with zero attached hydrogens (tertiary/aromatic N) is 3. The maximum atomic E-state index is 13.0. The number of aromatic nitrogens is 2. The van der Waals surface area contributed by atoms with Crippen LogP contribution in [0.15, 0.2) is 77.2 Å². The fraction of sp³-hybridized carbons (Fsp3) is 0.125. The molecule has 0 radical (unpaired) electrons. The van der Waals surface area contributed by atoms with Gasteiger partial charge in [0.15, 0.2) is 0 Å². The van der Waals surface area contributed by atoms with Crippen LogP contribution in [-0.4, -0.2) is 28.1 Å². The molecule has 1 aromatic heterocycles. The molecule has 0 saturated heterocycles. The summed E-state index contributed by atoms with van der Waals surface area (Å²) >= 11 is 0. The highest BCUT2D eigenvalue weighted by molar-refractivity contribution is 5.94. The minimum atomic E-state index is -0.296. The van der Waals surface area contributed by atoms with E-state index in [2.05, 4.69) is 10.2 Å². The Bertz CT molecular complexity index is 1150. The number of carbonyl (C=O) groups excluding carboxylic acids is 1. The minimum Gasteiger partial charge on any atom is -0.416 e. The molecule has 0 bridgehead atoms. The first-order chi connectivity index (χ1) is 14.5. The van der Waals surface area contributed by atoms with Crippen molar-refractivity contribution < 1.29 is 13.6 Å². The van der Waals surface area contributed by atoms with Crippen LogP contribution in [0.2, 0.25) is 0 Å². The lowest BCUT2D eigenvalue weighted by Crippen LogP contribution is -2.26. The van der Waals surface area contributed by atoms with Gasteiger partial charge in [-0.2, -0.15) is 0 Å². The molecule has 0 N–H and O–H groups in total. The van der Waals surface area contributed by atoms with Gasteiger partial charge in [-0.25, -0.2) is 4.39 Å². The molecule has 30 heavy (non-hydrogen) atoms. The molecular formula is C24H20FN3O2. The largest absolute Gasteiger partial charge is 0.416 e. The van der Waals surface area contributed by atoms with E-state index >= 15 is 0 Å². The molecule has 1 amide bonds. The second kappa shape index (κ2) is 8.29. The van der Waals surface area contributed by atoms with Crippen molar-refractivity contribution in [3.05, 3.63) is 95.3 Å². The summed E-state index contributed by atoms with van der Waals surface area (Å²) in [6, 6.07) is 21.0. The SMILES string of the molecule is Cc1ccc(-c2nnc(-c3ccc(C(=O)N(C)Cc4ccc(F)cc4)cc3)o2)cc1. The maximum absolute atomic E-state index is 13.0. The molecule has 5 nitrogen and oxygen atoms in total. The normalized spacial score (nSPS) is 10.8. The van der Waals surface area contributed by atoms with Gasteiger partial charge < -0.3 is 9.32 Å². The number of benzene rings is 3. The third kappa shape index (κ3) is 4.27. The van der Waals surface area contributed by atoms with Gasteiger partial charge in [0, 0.05) is 30.3 Å². The molecular weight excluding hydrogens is 381 g/mol. The highest BCUT2D eigenvalue weighted by atomic mass is 19.1. The number of amides is 1. The number of hydrogen-bond acceptors (Lipinski definition) is 4. The number of halogens is 1. The molecule has 0 spiro atoms. The monoisotopic (exact) mass is 401 g/mol. The summed E-state index contributed by atoms with van der Waals surface area (Å²) < 4.78 is 18.8. The standard InChI is InChI=1S/C24H20FN3O2/c1-16-3-7-18(8-4-16)22-26-27-23(30-22)19-9-11-20(12-10-19)24(29)28(2)15-17-5-13-21(25)14-6-17/h3-14H,15H2,1-2H3. The van der Waals surface area contributed by atoms with E-state index in [9.17, 15) is 9.18 Å². The summed E-state index contributed by atoms with van der Waals surface area (Å²) in [5.74, 6) is 0.417. The smallest absolute Gasteiger partial charge is 0.253 e. The number of hydrogen-bond donors (Lipinski definition) is 0. The number of aryl methyl sites for hydroxylation is 1. The Morgan fingerprint density at radius 1 is 0.867 bits per heavy atom. The average Bonchev–Trinajstić information content (AvgIpc) is 3.26. The van der Waals surface area contributed by atoms with Gasteiger partial charge in [-0.15, -0.1) is 10.2 Å². The van der Waals surface area contributed by atoms with Crippen molar-refractivity contribution in [1.29, 1.82) is 0 Å². The van der Waals surface area contributed by atoms with E-state index in [4.69, 9.17) is 4.42 Å². The average molecular weight is 401 g/mol. The minimum absolute atomic E-state index is 0.128. The van der Waals surface area contributed by atoms with Crippen molar-refractivity contribution >= 4 is 5.91 Å². The van der Waals surface area contributed by atoms with E-state index < -0.39 is 0 Å². The zero-order valence-electron chi connectivity index (χ0n) is 16.7. The Hall–Kier alpha value is -3.80. The van der Waals surface area contributed by atoms with Crippen LogP contribution in [0, 0.1) is 12.7 Å². The molecule has 4 rings (SSSR count). The molecule has 0 aliphatic heterocycles. The highest BCUT2D eigenvalue weighted by Gasteiger charge is 2.14. The lowest BCUT2D eigenvalue weighted by atomic mass is 10.1. The molecule has 0 aliphatic rings. The number of carbonyl (C=O) groups is 1. The summed E-state index contributed by atoms with van der Waals surface area (Å²) in [4.78, 5) is 14.3. The lowest BCUT2D eigenvalue weighted by molar-refractivity contribution is 0.0785. The highest BCUT2D eigenvalue weighted by Crippen LogP contribution is 2.24. The quantitative estimate of drug-likeness (QED) is 0.466. The molecule has 0 aliphatic carbocycles. The molecule has 0 fully saturated rings. The van der Waals surface area contributed by atoms with Crippen molar-refractivity contribution in [2.75, 3.05) is 7.05 Å². The first-order valence-corrected chi connectivity index (χ1v) is 9.50. The summed E-state index contributed by atoms with van der Waals surface area (Å²) in [5.41, 5.74) is 4.15. The Labute approximate surface area is 173 Å². The molecule has 150 valence electrons. The second-order valence-electron chi connectivity index (χ2n) is 7.14.